The Labute approximate surface area is 393 Å². The number of fused-ring (bicyclic) bond motifs is 14. The summed E-state index contributed by atoms with van der Waals surface area (Å²) in [5.41, 5.74) is 20.1. The molecule has 2 aliphatic carbocycles. The van der Waals surface area contributed by atoms with E-state index in [1.54, 1.807) is 0 Å². The maximum Gasteiger partial charge on any atom is 0.113 e. The summed E-state index contributed by atoms with van der Waals surface area (Å²) in [4.78, 5) is 2.50. The van der Waals surface area contributed by atoms with Crippen molar-refractivity contribution in [2.24, 2.45) is 0 Å². The van der Waals surface area contributed by atoms with Crippen molar-refractivity contribution >= 4 is 68.1 Å². The topological polar surface area (TPSA) is 8.17 Å². The minimum Gasteiger partial charge on any atom is -0.310 e. The smallest absolute Gasteiger partial charge is 0.113 e. The number of aromatic nitrogens is 1. The summed E-state index contributed by atoms with van der Waals surface area (Å²) in [6.07, 6.45) is 0. The van der Waals surface area contributed by atoms with Gasteiger partial charge in [-0.25, -0.2) is 0 Å². The van der Waals surface area contributed by atoms with Gasteiger partial charge in [-0.05, 0) is 120 Å². The van der Waals surface area contributed by atoms with Gasteiger partial charge in [0.1, 0.15) is 8.07 Å². The molecule has 2 heterocycles. The van der Waals surface area contributed by atoms with Gasteiger partial charge >= 0.3 is 0 Å². The van der Waals surface area contributed by atoms with Crippen LogP contribution in [-0.2, 0) is 10.8 Å². The molecular weight excluding hydrogens is 825 g/mol. The fourth-order valence-electron chi connectivity index (χ4n) is 13.1. The highest BCUT2D eigenvalue weighted by atomic mass is 28.3. The van der Waals surface area contributed by atoms with Crippen molar-refractivity contribution in [3.63, 3.8) is 0 Å². The molecule has 1 unspecified atom stereocenters. The molecule has 2 nitrogen and oxygen atoms in total. The third kappa shape index (κ3) is 4.99. The molecule has 10 aromatic carbocycles. The van der Waals surface area contributed by atoms with Gasteiger partial charge in [-0.1, -0.05) is 197 Å². The van der Waals surface area contributed by atoms with Crippen LogP contribution in [0.25, 0.3) is 60.5 Å². The highest BCUT2D eigenvalue weighted by molar-refractivity contribution is 7.01. The van der Waals surface area contributed by atoms with E-state index in [4.69, 9.17) is 0 Å². The van der Waals surface area contributed by atoms with Gasteiger partial charge in [0, 0.05) is 38.8 Å². The first-order chi connectivity index (χ1) is 32.8. The Bertz CT molecular complexity index is 3890. The van der Waals surface area contributed by atoms with Gasteiger partial charge in [0.2, 0.25) is 0 Å². The lowest BCUT2D eigenvalue weighted by molar-refractivity contribution is 0.660. The number of para-hydroxylation sites is 2. The molecule has 3 heteroatoms. The van der Waals surface area contributed by atoms with Gasteiger partial charge < -0.3 is 9.47 Å². The van der Waals surface area contributed by atoms with E-state index in [0.717, 1.165) is 11.4 Å². The van der Waals surface area contributed by atoms with Crippen LogP contribution < -0.4 is 15.3 Å². The van der Waals surface area contributed by atoms with E-state index in [1.807, 2.05) is 0 Å². The van der Waals surface area contributed by atoms with Gasteiger partial charge in [-0.15, -0.1) is 0 Å². The molecule has 11 aromatic rings. The standard InChI is InChI=1S/C64H48N2Si/c1-63(2)50-27-11-9-25-49(50)62-54(63)30-18-33-57(62)66-56-32-14-10-24-46(56)47-37-35-43(39-58(47)66)65(42-21-6-5-7-22-42)44-36-38-53-60(40-44)67(3,4)59-34-15-13-29-52(59)64(53)51-28-12-8-23-45(51)48-26-16-19-41-20-17-31-55(64)61(41)48/h5-40H,1-4H3. The molecule has 0 radical (unpaired) electrons. The average Bonchev–Trinajstić information content (AvgIpc) is 3.82. The highest BCUT2D eigenvalue weighted by Gasteiger charge is 2.52. The molecule has 1 aromatic heterocycles. The lowest BCUT2D eigenvalue weighted by Gasteiger charge is -2.50. The van der Waals surface area contributed by atoms with Crippen LogP contribution in [0.5, 0.6) is 0 Å². The van der Waals surface area contributed by atoms with Crippen LogP contribution in [-0.4, -0.2) is 12.6 Å². The average molecular weight is 873 g/mol. The zero-order chi connectivity index (χ0) is 44.8. The first-order valence-electron chi connectivity index (χ1n) is 23.8. The molecule has 0 saturated heterocycles. The van der Waals surface area contributed by atoms with Crippen molar-refractivity contribution < 1.29 is 0 Å². The van der Waals surface area contributed by atoms with Crippen LogP contribution in [0.1, 0.15) is 47.2 Å². The number of hydrogen-bond acceptors (Lipinski definition) is 1. The molecule has 67 heavy (non-hydrogen) atoms. The molecule has 14 rings (SSSR count). The predicted octanol–water partition coefficient (Wildman–Crippen LogP) is 15.2. The molecule has 0 N–H and O–H groups in total. The van der Waals surface area contributed by atoms with Crippen molar-refractivity contribution in [3.8, 4) is 27.9 Å². The molecule has 1 spiro atoms. The highest BCUT2D eigenvalue weighted by Crippen LogP contribution is 2.57. The molecule has 1 aliphatic heterocycles. The Kier molecular flexibility index (Phi) is 7.86. The predicted molar refractivity (Wildman–Crippen MR) is 285 cm³/mol. The first kappa shape index (κ1) is 38.5. The van der Waals surface area contributed by atoms with Crippen LogP contribution in [0.2, 0.25) is 13.1 Å². The molecular formula is C64H48N2Si. The SMILES string of the molecule is CC1(C)c2ccccc2-c2c(-n3c4ccccc4c4ccc(N(c5ccccc5)c5ccc6c(c5)[Si](C)(C)c5ccccc5C65c6ccccc6-c6cccc7cccc5c67)cc43)cccc21. The number of hydrogen-bond donors (Lipinski definition) is 0. The first-order valence-corrected chi connectivity index (χ1v) is 26.8. The minimum absolute atomic E-state index is 0.103. The van der Waals surface area contributed by atoms with E-state index >= 15 is 0 Å². The van der Waals surface area contributed by atoms with Gasteiger partial charge in [-0.3, -0.25) is 0 Å². The second-order valence-corrected chi connectivity index (χ2v) is 24.3. The van der Waals surface area contributed by atoms with E-state index in [1.165, 1.54) is 110 Å². The van der Waals surface area contributed by atoms with E-state index in [9.17, 15) is 0 Å². The van der Waals surface area contributed by atoms with Crippen molar-refractivity contribution in [1.29, 1.82) is 0 Å². The van der Waals surface area contributed by atoms with Crippen LogP contribution in [0, 0.1) is 0 Å². The van der Waals surface area contributed by atoms with Crippen LogP contribution in [0.4, 0.5) is 17.1 Å². The van der Waals surface area contributed by atoms with E-state index in [-0.39, 0.29) is 5.41 Å². The number of rotatable bonds is 4. The lowest BCUT2D eigenvalue weighted by Crippen LogP contribution is -2.63. The van der Waals surface area contributed by atoms with E-state index < -0.39 is 13.5 Å². The summed E-state index contributed by atoms with van der Waals surface area (Å²) in [6.45, 7) is 9.89. The van der Waals surface area contributed by atoms with Gasteiger partial charge in [0.05, 0.1) is 22.1 Å². The third-order valence-electron chi connectivity index (χ3n) is 16.0. The Hall–Kier alpha value is -7.72. The zero-order valence-electron chi connectivity index (χ0n) is 38.2. The monoisotopic (exact) mass is 872 g/mol. The van der Waals surface area contributed by atoms with Gasteiger partial charge in [0.15, 0.2) is 0 Å². The lowest BCUT2D eigenvalue weighted by atomic mass is 9.59. The minimum atomic E-state index is -2.32. The van der Waals surface area contributed by atoms with Crippen molar-refractivity contribution in [1.82, 2.24) is 4.57 Å². The second kappa shape index (κ2) is 13.7. The molecule has 318 valence electrons. The van der Waals surface area contributed by atoms with E-state index in [0.29, 0.717) is 0 Å². The Morgan fingerprint density at radius 1 is 0.403 bits per heavy atom. The fourth-order valence-corrected chi connectivity index (χ4v) is 16.3. The summed E-state index contributed by atoms with van der Waals surface area (Å²) in [5, 5.41) is 8.14. The number of benzene rings is 10. The van der Waals surface area contributed by atoms with Crippen molar-refractivity contribution in [2.45, 2.75) is 37.8 Å². The number of nitrogens with zero attached hydrogens (tertiary/aromatic N) is 2. The van der Waals surface area contributed by atoms with Crippen molar-refractivity contribution in [3.05, 3.63) is 252 Å². The molecule has 1 atom stereocenters. The van der Waals surface area contributed by atoms with E-state index in [2.05, 4.69) is 255 Å². The summed E-state index contributed by atoms with van der Waals surface area (Å²) in [6, 6.07) is 83.0. The number of anilines is 3. The third-order valence-corrected chi connectivity index (χ3v) is 19.6. The summed E-state index contributed by atoms with van der Waals surface area (Å²) < 4.78 is 2.54. The summed E-state index contributed by atoms with van der Waals surface area (Å²) in [7, 11) is -2.32. The summed E-state index contributed by atoms with van der Waals surface area (Å²) >= 11 is 0. The maximum atomic E-state index is 2.58. The molecule has 0 bridgehead atoms. The fraction of sp³-hybridized carbons (Fsp3) is 0.0938. The Morgan fingerprint density at radius 2 is 1.00 bits per heavy atom. The molecule has 0 fully saturated rings. The van der Waals surface area contributed by atoms with Crippen LogP contribution >= 0.6 is 0 Å². The molecule has 0 amide bonds. The van der Waals surface area contributed by atoms with Crippen molar-refractivity contribution in [2.75, 3.05) is 4.90 Å². The normalized spacial score (nSPS) is 16.7. The summed E-state index contributed by atoms with van der Waals surface area (Å²) in [5.74, 6) is 0. The largest absolute Gasteiger partial charge is 0.310 e. The molecule has 0 saturated carbocycles. The molecule has 3 aliphatic rings. The van der Waals surface area contributed by atoms with Crippen LogP contribution in [0.3, 0.4) is 0 Å². The zero-order valence-corrected chi connectivity index (χ0v) is 39.2. The van der Waals surface area contributed by atoms with Crippen LogP contribution in [0.15, 0.2) is 218 Å². The van der Waals surface area contributed by atoms with Gasteiger partial charge in [0.25, 0.3) is 0 Å². The quantitative estimate of drug-likeness (QED) is 0.160. The second-order valence-electron chi connectivity index (χ2n) is 20.0. The maximum absolute atomic E-state index is 2.58. The van der Waals surface area contributed by atoms with Gasteiger partial charge in [-0.2, -0.15) is 0 Å². The Balaban J connectivity index is 1.03. The Morgan fingerprint density at radius 3 is 1.85 bits per heavy atom.